The lowest BCUT2D eigenvalue weighted by Gasteiger charge is -2.22. The zero-order valence-electron chi connectivity index (χ0n) is 11.3. The molecule has 2 aliphatic carbocycles. The van der Waals surface area contributed by atoms with Crippen LogP contribution in [0.3, 0.4) is 0 Å². The number of aliphatic hydroxyl groups is 1. The first kappa shape index (κ1) is 12.8. The third-order valence-corrected chi connectivity index (χ3v) is 3.62. The molecule has 1 aromatic rings. The van der Waals surface area contributed by atoms with Crippen molar-refractivity contribution in [2.24, 2.45) is 5.92 Å². The molecule has 1 atom stereocenters. The van der Waals surface area contributed by atoms with Crippen LogP contribution in [-0.4, -0.2) is 17.7 Å². The van der Waals surface area contributed by atoms with Crippen LogP contribution in [0.25, 0.3) is 6.08 Å². The van der Waals surface area contributed by atoms with Crippen LogP contribution in [0.15, 0.2) is 40.2 Å². The fraction of sp³-hybridized carbons (Fsp3) is 0.312. The van der Waals surface area contributed by atoms with E-state index < -0.39 is 0 Å². The number of esters is 1. The van der Waals surface area contributed by atoms with Gasteiger partial charge in [-0.15, -0.1) is 0 Å². The van der Waals surface area contributed by atoms with Crippen LogP contribution in [0, 0.1) is 5.92 Å². The van der Waals surface area contributed by atoms with E-state index in [0.29, 0.717) is 6.61 Å². The van der Waals surface area contributed by atoms with Crippen molar-refractivity contribution in [1.82, 2.24) is 0 Å². The Bertz CT molecular complexity index is 631. The van der Waals surface area contributed by atoms with E-state index in [9.17, 15) is 9.90 Å². The number of allylic oxidation sites excluding steroid dienone is 4. The molecule has 0 amide bonds. The smallest absolute Gasteiger partial charge is 0.310 e. The van der Waals surface area contributed by atoms with Gasteiger partial charge < -0.3 is 14.3 Å². The molecule has 0 fully saturated rings. The van der Waals surface area contributed by atoms with Crippen molar-refractivity contribution in [3.05, 3.63) is 52.7 Å². The monoisotopic (exact) mass is 272 g/mol. The quantitative estimate of drug-likeness (QED) is 0.859. The first-order chi connectivity index (χ1) is 9.67. The Kier molecular flexibility index (Phi) is 3.22. The second-order valence-electron chi connectivity index (χ2n) is 4.97. The van der Waals surface area contributed by atoms with Crippen molar-refractivity contribution in [2.45, 2.75) is 19.8 Å². The largest absolute Gasteiger partial charge is 0.508 e. The lowest BCUT2D eigenvalue weighted by molar-refractivity contribution is -0.142. The first-order valence-corrected chi connectivity index (χ1v) is 6.72. The van der Waals surface area contributed by atoms with Gasteiger partial charge in [0.2, 0.25) is 0 Å². The average molecular weight is 272 g/mol. The highest BCUT2D eigenvalue weighted by molar-refractivity contribution is 5.74. The minimum absolute atomic E-state index is 0.144. The number of ether oxygens (including phenoxy) is 1. The lowest BCUT2D eigenvalue weighted by atomic mass is 9.82. The van der Waals surface area contributed by atoms with Gasteiger partial charge in [-0.2, -0.15) is 0 Å². The molecule has 0 spiro atoms. The highest BCUT2D eigenvalue weighted by atomic mass is 16.5. The molecule has 2 aliphatic rings. The van der Waals surface area contributed by atoms with Gasteiger partial charge in [-0.1, -0.05) is 6.08 Å². The molecule has 0 saturated carbocycles. The summed E-state index contributed by atoms with van der Waals surface area (Å²) in [7, 11) is 0. The van der Waals surface area contributed by atoms with E-state index in [2.05, 4.69) is 0 Å². The maximum Gasteiger partial charge on any atom is 0.310 e. The summed E-state index contributed by atoms with van der Waals surface area (Å²) < 4.78 is 10.5. The minimum Gasteiger partial charge on any atom is -0.508 e. The van der Waals surface area contributed by atoms with Crippen LogP contribution in [0.2, 0.25) is 0 Å². The molecule has 3 rings (SSSR count). The Morgan fingerprint density at radius 3 is 3.15 bits per heavy atom. The average Bonchev–Trinajstić information content (AvgIpc) is 2.79. The molecule has 104 valence electrons. The molecule has 1 unspecified atom stereocenters. The van der Waals surface area contributed by atoms with Crippen LogP contribution >= 0.6 is 0 Å². The van der Waals surface area contributed by atoms with E-state index in [4.69, 9.17) is 9.15 Å². The summed E-state index contributed by atoms with van der Waals surface area (Å²) in [5.74, 6) is 0.986. The Hall–Kier alpha value is -2.23. The van der Waals surface area contributed by atoms with Crippen molar-refractivity contribution >= 4 is 12.0 Å². The highest BCUT2D eigenvalue weighted by Gasteiger charge is 2.26. The zero-order valence-corrected chi connectivity index (χ0v) is 11.3. The van der Waals surface area contributed by atoms with Crippen LogP contribution in [0.1, 0.15) is 23.8 Å². The summed E-state index contributed by atoms with van der Waals surface area (Å²) in [6.45, 7) is 2.17. The molecule has 0 aliphatic heterocycles. The molecular weight excluding hydrogens is 256 g/mol. The van der Waals surface area contributed by atoms with Gasteiger partial charge in [-0.25, -0.2) is 0 Å². The summed E-state index contributed by atoms with van der Waals surface area (Å²) >= 11 is 0. The van der Waals surface area contributed by atoms with Gasteiger partial charge in [0.1, 0.15) is 11.5 Å². The normalized spacial score (nSPS) is 19.8. The van der Waals surface area contributed by atoms with Gasteiger partial charge in [-0.05, 0) is 37.1 Å². The molecule has 4 heteroatoms. The van der Waals surface area contributed by atoms with Crippen LogP contribution in [0.5, 0.6) is 0 Å². The Labute approximate surface area is 117 Å². The predicted octanol–water partition coefficient (Wildman–Crippen LogP) is 2.95. The maximum atomic E-state index is 11.6. The van der Waals surface area contributed by atoms with E-state index in [0.717, 1.165) is 28.9 Å². The zero-order chi connectivity index (χ0) is 14.1. The van der Waals surface area contributed by atoms with Crippen LogP contribution < -0.4 is 0 Å². The Morgan fingerprint density at radius 1 is 1.50 bits per heavy atom. The van der Waals surface area contributed by atoms with Gasteiger partial charge >= 0.3 is 5.97 Å². The number of fused-ring (bicyclic) bond motifs is 2. The first-order valence-electron chi connectivity index (χ1n) is 6.72. The lowest BCUT2D eigenvalue weighted by Crippen LogP contribution is -2.14. The highest BCUT2D eigenvalue weighted by Crippen LogP contribution is 2.35. The van der Waals surface area contributed by atoms with Crippen molar-refractivity contribution in [3.63, 3.8) is 0 Å². The van der Waals surface area contributed by atoms with E-state index in [1.807, 2.05) is 18.2 Å². The third kappa shape index (κ3) is 2.29. The standard InChI is InChI=1S/C16H16O4/c1-2-19-16(18)8-12-9-20-15-7-10-3-4-13(17)5-11(10)6-14(12)15/h3-5,7,9,11,17H,2,6,8H2,1H3. The fourth-order valence-electron chi connectivity index (χ4n) is 2.67. The number of aliphatic hydroxyl groups excluding tert-OH is 1. The molecular formula is C16H16O4. The molecule has 1 aromatic heterocycles. The van der Waals surface area contributed by atoms with Crippen molar-refractivity contribution in [2.75, 3.05) is 6.61 Å². The molecule has 1 heterocycles. The molecule has 20 heavy (non-hydrogen) atoms. The summed E-state index contributed by atoms with van der Waals surface area (Å²) in [5, 5.41) is 9.58. The van der Waals surface area contributed by atoms with Gasteiger partial charge in [0.15, 0.2) is 0 Å². The molecule has 0 bridgehead atoms. The van der Waals surface area contributed by atoms with E-state index in [1.165, 1.54) is 0 Å². The van der Waals surface area contributed by atoms with Crippen LogP contribution in [-0.2, 0) is 22.4 Å². The number of hydrogen-bond acceptors (Lipinski definition) is 4. The number of hydrogen-bond donors (Lipinski definition) is 1. The maximum absolute atomic E-state index is 11.6. The van der Waals surface area contributed by atoms with Crippen molar-refractivity contribution in [1.29, 1.82) is 0 Å². The Balaban J connectivity index is 1.87. The van der Waals surface area contributed by atoms with E-state index in [-0.39, 0.29) is 24.1 Å². The summed E-state index contributed by atoms with van der Waals surface area (Å²) in [6, 6.07) is 0. The molecule has 1 N–H and O–H groups in total. The number of furan rings is 1. The number of carbonyl (C=O) groups excluding carboxylic acids is 1. The fourth-order valence-corrected chi connectivity index (χ4v) is 2.67. The number of rotatable bonds is 3. The van der Waals surface area contributed by atoms with E-state index >= 15 is 0 Å². The second kappa shape index (κ2) is 5.04. The summed E-state index contributed by atoms with van der Waals surface area (Å²) in [5.41, 5.74) is 3.02. The summed E-state index contributed by atoms with van der Waals surface area (Å²) in [6.07, 6.45) is 9.97. The predicted molar refractivity (Wildman–Crippen MR) is 74.1 cm³/mol. The van der Waals surface area contributed by atoms with Gasteiger partial charge in [-0.3, -0.25) is 4.79 Å². The second-order valence-corrected chi connectivity index (χ2v) is 4.97. The molecule has 0 radical (unpaired) electrons. The third-order valence-electron chi connectivity index (χ3n) is 3.62. The van der Waals surface area contributed by atoms with Gasteiger partial charge in [0.25, 0.3) is 0 Å². The molecule has 0 saturated heterocycles. The SMILES string of the molecule is CCOC(=O)Cc1coc2c1CC1C=C(O)C=CC1=C2. The summed E-state index contributed by atoms with van der Waals surface area (Å²) in [4.78, 5) is 11.6. The molecule has 4 nitrogen and oxygen atoms in total. The van der Waals surface area contributed by atoms with Crippen LogP contribution in [0.4, 0.5) is 0 Å². The topological polar surface area (TPSA) is 59.7 Å². The van der Waals surface area contributed by atoms with E-state index in [1.54, 1.807) is 19.3 Å². The van der Waals surface area contributed by atoms with Crippen molar-refractivity contribution in [3.8, 4) is 0 Å². The molecule has 0 aromatic carbocycles. The number of carbonyl (C=O) groups is 1. The van der Waals surface area contributed by atoms with Gasteiger partial charge in [0, 0.05) is 17.0 Å². The minimum atomic E-state index is -0.243. The van der Waals surface area contributed by atoms with Crippen molar-refractivity contribution < 1.29 is 19.1 Å². The van der Waals surface area contributed by atoms with Gasteiger partial charge in [0.05, 0.1) is 19.3 Å². The Morgan fingerprint density at radius 2 is 2.35 bits per heavy atom.